The Morgan fingerprint density at radius 3 is 1.85 bits per heavy atom. The minimum atomic E-state index is -5.61. The first-order chi connectivity index (χ1) is 11.8. The number of hydrogen-bond donors (Lipinski definition) is 1. The van der Waals surface area contributed by atoms with Crippen molar-refractivity contribution in [2.24, 2.45) is 0 Å². The second-order valence-corrected chi connectivity index (χ2v) is 5.03. The second kappa shape index (κ2) is 8.91. The van der Waals surface area contributed by atoms with E-state index >= 15 is 0 Å². The molecular formula is C14H14F9NO2. The van der Waals surface area contributed by atoms with E-state index in [0.29, 0.717) is 5.56 Å². The molecule has 0 aliphatic heterocycles. The molecule has 0 unspecified atom stereocenters. The molecule has 0 saturated carbocycles. The summed E-state index contributed by atoms with van der Waals surface area (Å²) >= 11 is 0. The van der Waals surface area contributed by atoms with Gasteiger partial charge in [-0.25, -0.2) is 0 Å². The lowest BCUT2D eigenvalue weighted by Gasteiger charge is -2.22. The molecule has 1 N–H and O–H groups in total. The van der Waals surface area contributed by atoms with Crippen LogP contribution in [0.5, 0.6) is 0 Å². The molecule has 0 aliphatic rings. The third kappa shape index (κ3) is 7.79. The molecule has 0 aliphatic carbocycles. The predicted molar refractivity (Wildman–Crippen MR) is 71.0 cm³/mol. The molecule has 0 bridgehead atoms. The molecule has 3 nitrogen and oxygen atoms in total. The fourth-order valence-electron chi connectivity index (χ4n) is 1.74. The van der Waals surface area contributed by atoms with E-state index in [2.05, 4.69) is 14.8 Å². The topological polar surface area (TPSA) is 30.5 Å². The summed E-state index contributed by atoms with van der Waals surface area (Å²) < 4.78 is 118. The molecule has 1 aromatic carbocycles. The lowest BCUT2D eigenvalue weighted by Crippen LogP contribution is -2.44. The molecule has 12 heteroatoms. The Hall–Kier alpha value is -1.53. The highest BCUT2D eigenvalue weighted by Gasteiger charge is 2.58. The van der Waals surface area contributed by atoms with Crippen LogP contribution in [0.2, 0.25) is 0 Å². The summed E-state index contributed by atoms with van der Waals surface area (Å²) in [4.78, 5) is 0. The highest BCUT2D eigenvalue weighted by molar-refractivity contribution is 5.24. The zero-order chi connectivity index (χ0) is 20.0. The molecule has 150 valence electrons. The predicted octanol–water partition coefficient (Wildman–Crippen LogP) is 4.28. The second-order valence-electron chi connectivity index (χ2n) is 5.03. The van der Waals surface area contributed by atoms with E-state index in [4.69, 9.17) is 0 Å². The minimum absolute atomic E-state index is 0.0348. The minimum Gasteiger partial charge on any atom is -0.354 e. The van der Waals surface area contributed by atoms with Crippen molar-refractivity contribution in [1.29, 1.82) is 0 Å². The fraction of sp³-hybridized carbons (Fsp3) is 0.571. The normalized spacial score (nSPS) is 13.5. The summed E-state index contributed by atoms with van der Waals surface area (Å²) in [6.45, 7) is -1.31. The van der Waals surface area contributed by atoms with Gasteiger partial charge in [-0.3, -0.25) is 0 Å². The van der Waals surface area contributed by atoms with Gasteiger partial charge in [-0.15, -0.1) is 0 Å². The van der Waals surface area contributed by atoms with Crippen molar-refractivity contribution in [3.63, 3.8) is 0 Å². The Balaban J connectivity index is 2.25. The van der Waals surface area contributed by atoms with Crippen LogP contribution < -0.4 is 5.32 Å². The van der Waals surface area contributed by atoms with Gasteiger partial charge in [0.05, 0.1) is 12.2 Å². The van der Waals surface area contributed by atoms with Crippen molar-refractivity contribution in [2.75, 3.05) is 19.9 Å². The first-order valence-corrected chi connectivity index (χ1v) is 7.01. The van der Waals surface area contributed by atoms with Gasteiger partial charge in [-0.1, -0.05) is 12.1 Å². The van der Waals surface area contributed by atoms with Crippen LogP contribution in [0, 0.1) is 0 Å². The molecule has 1 aromatic rings. The average Bonchev–Trinajstić information content (AvgIpc) is 2.47. The molecule has 0 amide bonds. The van der Waals surface area contributed by atoms with Crippen LogP contribution in [0.15, 0.2) is 24.3 Å². The Labute approximate surface area is 142 Å². The maximum atomic E-state index is 12.4. The third-order valence-electron chi connectivity index (χ3n) is 2.95. The van der Waals surface area contributed by atoms with Crippen molar-refractivity contribution in [3.8, 4) is 0 Å². The van der Waals surface area contributed by atoms with Gasteiger partial charge in [0.2, 0.25) is 0 Å². The van der Waals surface area contributed by atoms with Crippen LogP contribution in [0.3, 0.4) is 0 Å². The first kappa shape index (κ1) is 22.5. The largest absolute Gasteiger partial charge is 0.423 e. The summed E-state index contributed by atoms with van der Waals surface area (Å²) in [5, 5.41) is 2.70. The van der Waals surface area contributed by atoms with Gasteiger partial charge in [-0.2, -0.15) is 39.5 Å². The van der Waals surface area contributed by atoms with E-state index in [0.717, 1.165) is 12.1 Å². The average molecular weight is 399 g/mol. The van der Waals surface area contributed by atoms with Crippen molar-refractivity contribution < 1.29 is 49.0 Å². The van der Waals surface area contributed by atoms with E-state index in [1.165, 1.54) is 12.1 Å². The van der Waals surface area contributed by atoms with Crippen LogP contribution in [0.25, 0.3) is 0 Å². The van der Waals surface area contributed by atoms with E-state index in [1.807, 2.05) is 0 Å². The number of benzene rings is 1. The molecule has 26 heavy (non-hydrogen) atoms. The Kier molecular flexibility index (Phi) is 7.71. The third-order valence-corrected chi connectivity index (χ3v) is 2.95. The fourth-order valence-corrected chi connectivity index (χ4v) is 1.74. The number of ether oxygens (including phenoxy) is 2. The van der Waals surface area contributed by atoms with Gasteiger partial charge in [0, 0.05) is 13.1 Å². The highest BCUT2D eigenvalue weighted by Crippen LogP contribution is 2.35. The zero-order valence-electron chi connectivity index (χ0n) is 12.9. The van der Waals surface area contributed by atoms with Gasteiger partial charge < -0.3 is 14.8 Å². The van der Waals surface area contributed by atoms with Crippen LogP contribution >= 0.6 is 0 Å². The van der Waals surface area contributed by atoms with Gasteiger partial charge >= 0.3 is 18.5 Å². The van der Waals surface area contributed by atoms with Crippen molar-refractivity contribution in [1.82, 2.24) is 5.32 Å². The van der Waals surface area contributed by atoms with Gasteiger partial charge in [0.25, 0.3) is 6.10 Å². The Morgan fingerprint density at radius 2 is 1.38 bits per heavy atom. The van der Waals surface area contributed by atoms with Crippen LogP contribution in [-0.2, 0) is 22.2 Å². The quantitative estimate of drug-likeness (QED) is 0.402. The number of alkyl halides is 9. The Bertz CT molecular complexity index is 523. The molecule has 1 rings (SSSR count). The standard InChI is InChI=1S/C14H14F9NO2/c15-12(16,17)10-3-1-9(2-4-10)7-24-5-6-25-8-26-11(13(18,19)20)14(21,22)23/h1-4,11,24H,5-8H2. The van der Waals surface area contributed by atoms with Crippen LogP contribution in [0.4, 0.5) is 39.5 Å². The van der Waals surface area contributed by atoms with Crippen molar-refractivity contribution in [2.45, 2.75) is 31.2 Å². The van der Waals surface area contributed by atoms with Crippen molar-refractivity contribution in [3.05, 3.63) is 35.4 Å². The molecule has 0 fully saturated rings. The lowest BCUT2D eigenvalue weighted by atomic mass is 10.1. The van der Waals surface area contributed by atoms with E-state index in [9.17, 15) is 39.5 Å². The van der Waals surface area contributed by atoms with Crippen molar-refractivity contribution >= 4 is 0 Å². The summed E-state index contributed by atoms with van der Waals surface area (Å²) in [6, 6.07) is 4.24. The maximum absolute atomic E-state index is 12.4. The Morgan fingerprint density at radius 1 is 0.846 bits per heavy atom. The monoisotopic (exact) mass is 399 g/mol. The van der Waals surface area contributed by atoms with Gasteiger partial charge in [0.15, 0.2) is 0 Å². The van der Waals surface area contributed by atoms with E-state index in [-0.39, 0.29) is 19.7 Å². The number of nitrogens with one attached hydrogen (secondary N) is 1. The molecule has 0 aromatic heterocycles. The SMILES string of the molecule is FC(F)(F)c1ccc(CNCCOCOC(C(F)(F)F)C(F)(F)F)cc1. The summed E-state index contributed by atoms with van der Waals surface area (Å²) in [5.74, 6) is 0. The van der Waals surface area contributed by atoms with Gasteiger partial charge in [-0.05, 0) is 17.7 Å². The molecular weight excluding hydrogens is 385 g/mol. The highest BCUT2D eigenvalue weighted by atomic mass is 19.4. The summed E-state index contributed by atoms with van der Waals surface area (Å²) in [7, 11) is 0. The molecule has 0 atom stereocenters. The molecule has 0 saturated heterocycles. The smallest absolute Gasteiger partial charge is 0.354 e. The lowest BCUT2D eigenvalue weighted by molar-refractivity contribution is -0.335. The van der Waals surface area contributed by atoms with E-state index < -0.39 is 37.0 Å². The number of rotatable bonds is 8. The molecule has 0 heterocycles. The van der Waals surface area contributed by atoms with Crippen LogP contribution in [0.1, 0.15) is 11.1 Å². The zero-order valence-corrected chi connectivity index (χ0v) is 12.9. The first-order valence-electron chi connectivity index (χ1n) is 7.01. The van der Waals surface area contributed by atoms with Crippen LogP contribution in [-0.4, -0.2) is 38.4 Å². The summed E-state index contributed by atoms with van der Waals surface area (Å²) in [5.41, 5.74) is -0.311. The number of hydrogen-bond acceptors (Lipinski definition) is 3. The number of halogens is 9. The maximum Gasteiger partial charge on any atom is 0.423 e. The van der Waals surface area contributed by atoms with Gasteiger partial charge in [0.1, 0.15) is 6.79 Å². The molecule has 0 spiro atoms. The van der Waals surface area contributed by atoms with E-state index in [1.54, 1.807) is 0 Å². The molecule has 0 radical (unpaired) electrons. The summed E-state index contributed by atoms with van der Waals surface area (Å²) in [6.07, 6.45) is -19.6.